The Kier molecular flexibility index (Phi) is 10.2. The topological polar surface area (TPSA) is 131 Å². The van der Waals surface area contributed by atoms with Gasteiger partial charge in [0.25, 0.3) is 5.91 Å². The molecule has 2 atom stereocenters. The van der Waals surface area contributed by atoms with Crippen molar-refractivity contribution in [1.29, 1.82) is 0 Å². The molecule has 240 valence electrons. The quantitative estimate of drug-likeness (QED) is 0.195. The molecule has 1 heterocycles. The number of benzene rings is 3. The van der Waals surface area contributed by atoms with Gasteiger partial charge >= 0.3 is 5.97 Å². The van der Waals surface area contributed by atoms with E-state index < -0.39 is 35.5 Å². The number of esters is 1. The lowest BCUT2D eigenvalue weighted by molar-refractivity contribution is -0.158. The third kappa shape index (κ3) is 9.23. The van der Waals surface area contributed by atoms with E-state index in [-0.39, 0.29) is 17.6 Å². The van der Waals surface area contributed by atoms with Gasteiger partial charge in [0.2, 0.25) is 5.91 Å². The molecule has 9 heteroatoms. The van der Waals surface area contributed by atoms with Gasteiger partial charge in [-0.15, -0.1) is 0 Å². The fourth-order valence-electron chi connectivity index (χ4n) is 4.64. The van der Waals surface area contributed by atoms with Gasteiger partial charge in [-0.2, -0.15) is 0 Å². The fourth-order valence-corrected chi connectivity index (χ4v) is 4.64. The Bertz CT molecular complexity index is 1650. The van der Waals surface area contributed by atoms with Crippen LogP contribution in [-0.2, 0) is 26.2 Å². The normalized spacial score (nSPS) is 12.9. The lowest BCUT2D eigenvalue weighted by Gasteiger charge is -2.25. The van der Waals surface area contributed by atoms with E-state index in [0.717, 1.165) is 27.8 Å². The highest BCUT2D eigenvalue weighted by atomic mass is 16.6. The molecule has 0 fully saturated rings. The summed E-state index contributed by atoms with van der Waals surface area (Å²) in [6.07, 6.45) is 3.62. The molecule has 4 rings (SSSR count). The Morgan fingerprint density at radius 2 is 1.33 bits per heavy atom. The highest BCUT2D eigenvalue weighted by molar-refractivity contribution is 5.98. The van der Waals surface area contributed by atoms with E-state index >= 15 is 0 Å². The van der Waals surface area contributed by atoms with Gasteiger partial charge < -0.3 is 20.5 Å². The van der Waals surface area contributed by atoms with E-state index in [1.165, 1.54) is 0 Å². The molecule has 0 saturated heterocycles. The highest BCUT2D eigenvalue weighted by Crippen LogP contribution is 2.24. The van der Waals surface area contributed by atoms with Crippen LogP contribution in [0.4, 0.5) is 0 Å². The van der Waals surface area contributed by atoms with E-state index in [2.05, 4.69) is 41.4 Å². The van der Waals surface area contributed by atoms with Crippen molar-refractivity contribution in [2.45, 2.75) is 78.0 Å². The van der Waals surface area contributed by atoms with Gasteiger partial charge in [0, 0.05) is 35.5 Å². The number of nitrogens with one attached hydrogen (secondary N) is 2. The van der Waals surface area contributed by atoms with Crippen LogP contribution in [0.25, 0.3) is 22.5 Å². The molecule has 3 N–H and O–H groups in total. The maximum Gasteiger partial charge on any atom is 0.328 e. The second-order valence-corrected chi connectivity index (χ2v) is 13.4. The zero-order valence-corrected chi connectivity index (χ0v) is 27.4. The molecule has 3 aromatic carbocycles. The third-order valence-electron chi connectivity index (χ3n) is 7.26. The average molecular weight is 623 g/mol. The van der Waals surface area contributed by atoms with E-state index in [9.17, 15) is 19.5 Å². The molecule has 4 aromatic rings. The fraction of sp³-hybridized carbons (Fsp3) is 0.324. The molecule has 0 aliphatic heterocycles. The summed E-state index contributed by atoms with van der Waals surface area (Å²) in [5.74, 6) is -0.751. The largest absolute Gasteiger partial charge is 0.508 e. The van der Waals surface area contributed by atoms with Crippen LogP contribution in [0.5, 0.6) is 5.75 Å². The first-order chi connectivity index (χ1) is 21.6. The zero-order valence-electron chi connectivity index (χ0n) is 27.4. The van der Waals surface area contributed by atoms with Crippen molar-refractivity contribution in [1.82, 2.24) is 20.6 Å². The van der Waals surface area contributed by atoms with Crippen molar-refractivity contribution in [3.63, 3.8) is 0 Å². The van der Waals surface area contributed by atoms with Crippen molar-refractivity contribution in [3.05, 3.63) is 102 Å². The molecule has 0 aliphatic rings. The summed E-state index contributed by atoms with van der Waals surface area (Å²) in [5, 5.41) is 15.1. The van der Waals surface area contributed by atoms with E-state index in [4.69, 9.17) is 4.74 Å². The molecular formula is C37H42N4O5. The Morgan fingerprint density at radius 3 is 1.87 bits per heavy atom. The summed E-state index contributed by atoms with van der Waals surface area (Å²) in [7, 11) is 0. The molecule has 0 aliphatic carbocycles. The van der Waals surface area contributed by atoms with Gasteiger partial charge in [0.15, 0.2) is 5.82 Å². The number of phenolic OH excluding ortho intramolecular Hbond substituents is 1. The van der Waals surface area contributed by atoms with Crippen LogP contribution in [0.15, 0.2) is 85.2 Å². The van der Waals surface area contributed by atoms with Crippen LogP contribution in [0.1, 0.15) is 70.0 Å². The van der Waals surface area contributed by atoms with Crippen molar-refractivity contribution in [2.75, 3.05) is 0 Å². The van der Waals surface area contributed by atoms with Gasteiger partial charge in [0.05, 0.1) is 0 Å². The number of carbonyl (C=O) groups is 3. The Hall–Kier alpha value is -5.05. The summed E-state index contributed by atoms with van der Waals surface area (Å²) in [5.41, 5.74) is 4.01. The number of aromatic hydroxyl groups is 1. The first-order valence-corrected chi connectivity index (χ1v) is 15.2. The number of hydrogen-bond acceptors (Lipinski definition) is 7. The molecule has 9 nitrogen and oxygen atoms in total. The van der Waals surface area contributed by atoms with Gasteiger partial charge in [-0.1, -0.05) is 69.3 Å². The van der Waals surface area contributed by atoms with E-state index in [1.54, 1.807) is 76.5 Å². The number of amides is 2. The van der Waals surface area contributed by atoms with Gasteiger partial charge in [-0.05, 0) is 74.1 Å². The summed E-state index contributed by atoms with van der Waals surface area (Å²) in [4.78, 5) is 48.3. The van der Waals surface area contributed by atoms with E-state index in [1.807, 2.05) is 36.4 Å². The minimum atomic E-state index is -0.966. The second-order valence-electron chi connectivity index (χ2n) is 13.4. The minimum absolute atomic E-state index is 0.0682. The third-order valence-corrected chi connectivity index (χ3v) is 7.26. The Morgan fingerprint density at radius 1 is 0.761 bits per heavy atom. The Labute approximate surface area is 270 Å². The van der Waals surface area contributed by atoms with Crippen molar-refractivity contribution in [2.24, 2.45) is 0 Å². The lowest BCUT2D eigenvalue weighted by atomic mass is 9.86. The first-order valence-electron chi connectivity index (χ1n) is 15.2. The summed E-state index contributed by atoms with van der Waals surface area (Å²) in [6, 6.07) is 19.7. The molecule has 46 heavy (non-hydrogen) atoms. The van der Waals surface area contributed by atoms with Gasteiger partial charge in [0.1, 0.15) is 23.4 Å². The predicted molar refractivity (Wildman–Crippen MR) is 178 cm³/mol. The number of aromatic nitrogens is 2. The molecule has 0 bridgehead atoms. The number of carbonyl (C=O) groups excluding carboxylic acids is 3. The average Bonchev–Trinajstić information content (AvgIpc) is 3.00. The maximum absolute atomic E-state index is 13.5. The predicted octanol–water partition coefficient (Wildman–Crippen LogP) is 6.00. The van der Waals surface area contributed by atoms with Crippen LogP contribution in [0.2, 0.25) is 0 Å². The van der Waals surface area contributed by atoms with Crippen LogP contribution in [0, 0.1) is 0 Å². The number of phenols is 1. The SMILES string of the molecule is C[C@@H](NC(=O)C(Cc1ccc(-c2ncc(-c3ccc(O)cc3)cn2)cc1)NC(=O)c1ccc(C(C)(C)C)cc1)C(=O)OC(C)(C)C. The molecule has 0 saturated carbocycles. The smallest absolute Gasteiger partial charge is 0.328 e. The van der Waals surface area contributed by atoms with Crippen LogP contribution >= 0.6 is 0 Å². The summed E-state index contributed by atoms with van der Waals surface area (Å²) in [6.45, 7) is 13.1. The molecule has 0 radical (unpaired) electrons. The van der Waals surface area contributed by atoms with E-state index in [0.29, 0.717) is 11.4 Å². The Balaban J connectivity index is 1.51. The summed E-state index contributed by atoms with van der Waals surface area (Å²) < 4.78 is 5.42. The van der Waals surface area contributed by atoms with Crippen molar-refractivity contribution < 1.29 is 24.2 Å². The standard InChI is InChI=1S/C37H42N4O5/c1-23(35(45)46-37(5,6)7)40-34(44)31(41-33(43)27-12-16-29(17-13-27)36(2,3)4)20-24-8-10-26(11-9-24)32-38-21-28(22-39-32)25-14-18-30(42)19-15-25/h8-19,21-23,31,42H,20H2,1-7H3,(H,40,44)(H,41,43)/t23-,31?/m1/s1. The second kappa shape index (κ2) is 13.9. The van der Waals surface area contributed by atoms with Crippen molar-refractivity contribution in [3.8, 4) is 28.3 Å². The molecule has 2 amide bonds. The molecule has 1 aromatic heterocycles. The van der Waals surface area contributed by atoms with Crippen LogP contribution < -0.4 is 10.6 Å². The van der Waals surface area contributed by atoms with Gasteiger partial charge in [-0.3, -0.25) is 9.59 Å². The minimum Gasteiger partial charge on any atom is -0.508 e. The molecular weight excluding hydrogens is 580 g/mol. The van der Waals surface area contributed by atoms with Crippen LogP contribution in [-0.4, -0.2) is 50.5 Å². The number of ether oxygens (including phenoxy) is 1. The molecule has 0 spiro atoms. The van der Waals surface area contributed by atoms with Crippen molar-refractivity contribution >= 4 is 17.8 Å². The zero-order chi connectivity index (χ0) is 33.6. The maximum atomic E-state index is 13.5. The number of rotatable bonds is 9. The monoisotopic (exact) mass is 622 g/mol. The lowest BCUT2D eigenvalue weighted by Crippen LogP contribution is -2.52. The van der Waals surface area contributed by atoms with Gasteiger partial charge in [-0.25, -0.2) is 14.8 Å². The number of nitrogens with zero attached hydrogens (tertiary/aromatic N) is 2. The number of hydrogen-bond donors (Lipinski definition) is 3. The summed E-state index contributed by atoms with van der Waals surface area (Å²) >= 11 is 0. The highest BCUT2D eigenvalue weighted by Gasteiger charge is 2.28. The van der Waals surface area contributed by atoms with Crippen LogP contribution in [0.3, 0.4) is 0 Å². The molecule has 1 unspecified atom stereocenters. The first kappa shape index (κ1) is 33.8.